The molecule has 0 aliphatic heterocycles. The quantitative estimate of drug-likeness (QED) is 0.785. The fourth-order valence-corrected chi connectivity index (χ4v) is 1.81. The Morgan fingerprint density at radius 1 is 1.40 bits per heavy atom. The number of hydrogen-bond donors (Lipinski definition) is 1. The third kappa shape index (κ3) is 4.72. The Bertz CT molecular complexity index is 430. The molecule has 1 heterocycles. The minimum absolute atomic E-state index is 0.338. The van der Waals surface area contributed by atoms with Crippen molar-refractivity contribution in [2.24, 2.45) is 0 Å². The number of rotatable bonds is 8. The van der Waals surface area contributed by atoms with Crippen LogP contribution in [0.25, 0.3) is 0 Å². The average Bonchev–Trinajstić information content (AvgIpc) is 3.20. The van der Waals surface area contributed by atoms with E-state index in [1.807, 2.05) is 20.3 Å². The maximum absolute atomic E-state index is 5.83. The van der Waals surface area contributed by atoms with Crippen LogP contribution in [0.2, 0.25) is 0 Å². The van der Waals surface area contributed by atoms with Crippen LogP contribution in [0.15, 0.2) is 6.20 Å². The molecule has 5 heteroatoms. The molecule has 5 nitrogen and oxygen atoms in total. The number of likely N-dealkylation sites (N-methyl/N-ethyl adjacent to an activating group) is 1. The summed E-state index contributed by atoms with van der Waals surface area (Å²) >= 11 is 0. The molecule has 112 valence electrons. The van der Waals surface area contributed by atoms with E-state index in [1.165, 1.54) is 12.8 Å². The lowest BCUT2D eigenvalue weighted by Crippen LogP contribution is -2.22. The maximum Gasteiger partial charge on any atom is 0.160 e. The van der Waals surface area contributed by atoms with Gasteiger partial charge >= 0.3 is 0 Å². The zero-order chi connectivity index (χ0) is 14.5. The minimum Gasteiger partial charge on any atom is -0.489 e. The van der Waals surface area contributed by atoms with Gasteiger partial charge in [0.15, 0.2) is 5.75 Å². The van der Waals surface area contributed by atoms with E-state index in [2.05, 4.69) is 34.0 Å². The normalized spacial score (nSPS) is 15.1. The third-order valence-corrected chi connectivity index (χ3v) is 3.30. The topological polar surface area (TPSA) is 50.3 Å². The Balaban J connectivity index is 2.02. The van der Waals surface area contributed by atoms with Gasteiger partial charge in [-0.05, 0) is 26.9 Å². The summed E-state index contributed by atoms with van der Waals surface area (Å²) in [5.74, 6) is 2.03. The van der Waals surface area contributed by atoms with Gasteiger partial charge < -0.3 is 15.0 Å². The molecule has 0 unspecified atom stereocenters. The lowest BCUT2D eigenvalue weighted by Gasteiger charge is -2.15. The minimum atomic E-state index is 0.338. The van der Waals surface area contributed by atoms with Gasteiger partial charge in [0.2, 0.25) is 0 Å². The van der Waals surface area contributed by atoms with E-state index in [1.54, 1.807) is 0 Å². The summed E-state index contributed by atoms with van der Waals surface area (Å²) < 4.78 is 5.83. The summed E-state index contributed by atoms with van der Waals surface area (Å²) in [5, 5.41) is 3.50. The van der Waals surface area contributed by atoms with E-state index in [4.69, 9.17) is 4.74 Å². The van der Waals surface area contributed by atoms with Crippen LogP contribution in [0.3, 0.4) is 0 Å². The highest BCUT2D eigenvalue weighted by Crippen LogP contribution is 2.22. The van der Waals surface area contributed by atoms with Gasteiger partial charge in [0, 0.05) is 25.0 Å². The van der Waals surface area contributed by atoms with Crippen LogP contribution in [0.1, 0.15) is 44.1 Å². The monoisotopic (exact) mass is 278 g/mol. The second-order valence-electron chi connectivity index (χ2n) is 6.00. The SMILES string of the molecule is CC(C)c1ncc(OCCN(C)C)c(CNC2CC2)n1. The predicted molar refractivity (Wildman–Crippen MR) is 80.0 cm³/mol. The van der Waals surface area contributed by atoms with Crippen LogP contribution < -0.4 is 10.1 Å². The highest BCUT2D eigenvalue weighted by molar-refractivity contribution is 5.25. The smallest absolute Gasteiger partial charge is 0.160 e. The van der Waals surface area contributed by atoms with Gasteiger partial charge in [-0.3, -0.25) is 0 Å². The molecule has 1 saturated carbocycles. The molecule has 0 atom stereocenters. The van der Waals surface area contributed by atoms with Crippen molar-refractivity contribution >= 4 is 0 Å². The molecule has 1 aromatic heterocycles. The van der Waals surface area contributed by atoms with Gasteiger partial charge in [0.25, 0.3) is 0 Å². The molecule has 1 fully saturated rings. The first-order valence-corrected chi connectivity index (χ1v) is 7.43. The molecule has 0 aromatic carbocycles. The molecule has 0 spiro atoms. The standard InChI is InChI=1S/C15H26N4O/c1-11(2)15-17-10-14(20-8-7-19(3)4)13(18-15)9-16-12-5-6-12/h10-12,16H,5-9H2,1-4H3. The fraction of sp³-hybridized carbons (Fsp3) is 0.733. The van der Waals surface area contributed by atoms with Gasteiger partial charge in [-0.15, -0.1) is 0 Å². The van der Waals surface area contributed by atoms with Gasteiger partial charge in [-0.1, -0.05) is 13.8 Å². The Kier molecular flexibility index (Phi) is 5.31. The fourth-order valence-electron chi connectivity index (χ4n) is 1.81. The van der Waals surface area contributed by atoms with E-state index < -0.39 is 0 Å². The largest absolute Gasteiger partial charge is 0.489 e. The summed E-state index contributed by atoms with van der Waals surface area (Å²) in [6.07, 6.45) is 4.37. The second kappa shape index (κ2) is 6.99. The van der Waals surface area contributed by atoms with Crippen LogP contribution in [0.5, 0.6) is 5.75 Å². The molecule has 0 bridgehead atoms. The van der Waals surface area contributed by atoms with Crippen molar-refractivity contribution in [2.75, 3.05) is 27.2 Å². The molecule has 1 aromatic rings. The van der Waals surface area contributed by atoms with Crippen LogP contribution in [-0.4, -0.2) is 48.2 Å². The number of nitrogens with zero attached hydrogens (tertiary/aromatic N) is 3. The van der Waals surface area contributed by atoms with Crippen LogP contribution in [0.4, 0.5) is 0 Å². The lowest BCUT2D eigenvalue weighted by atomic mass is 10.2. The van der Waals surface area contributed by atoms with Crippen molar-refractivity contribution in [2.45, 2.75) is 45.2 Å². The van der Waals surface area contributed by atoms with E-state index in [9.17, 15) is 0 Å². The Morgan fingerprint density at radius 2 is 2.15 bits per heavy atom. The molecule has 1 aliphatic carbocycles. The number of nitrogens with one attached hydrogen (secondary N) is 1. The first-order chi connectivity index (χ1) is 9.56. The predicted octanol–water partition coefficient (Wildman–Crippen LogP) is 1.79. The van der Waals surface area contributed by atoms with E-state index in [0.717, 1.165) is 30.4 Å². The zero-order valence-electron chi connectivity index (χ0n) is 13.0. The summed E-state index contributed by atoms with van der Waals surface area (Å²) in [5.41, 5.74) is 0.981. The summed E-state index contributed by atoms with van der Waals surface area (Å²) in [4.78, 5) is 11.2. The van der Waals surface area contributed by atoms with Crippen molar-refractivity contribution in [3.05, 3.63) is 17.7 Å². The third-order valence-electron chi connectivity index (χ3n) is 3.30. The highest BCUT2D eigenvalue weighted by atomic mass is 16.5. The second-order valence-corrected chi connectivity index (χ2v) is 6.00. The summed E-state index contributed by atoms with van der Waals surface area (Å²) in [7, 11) is 4.08. The molecular weight excluding hydrogens is 252 g/mol. The van der Waals surface area contributed by atoms with E-state index in [0.29, 0.717) is 18.6 Å². The van der Waals surface area contributed by atoms with Crippen LogP contribution >= 0.6 is 0 Å². The highest BCUT2D eigenvalue weighted by Gasteiger charge is 2.21. The number of ether oxygens (including phenoxy) is 1. The van der Waals surface area contributed by atoms with Crippen molar-refractivity contribution in [1.29, 1.82) is 0 Å². The molecule has 0 radical (unpaired) electrons. The Hall–Kier alpha value is -1.20. The summed E-state index contributed by atoms with van der Waals surface area (Å²) in [6.45, 7) is 6.54. The molecular formula is C15H26N4O. The molecule has 0 saturated heterocycles. The molecule has 2 rings (SSSR count). The first kappa shape index (κ1) is 15.2. The van der Waals surface area contributed by atoms with Gasteiger partial charge in [-0.2, -0.15) is 0 Å². The molecule has 20 heavy (non-hydrogen) atoms. The van der Waals surface area contributed by atoms with Crippen molar-refractivity contribution in [3.8, 4) is 5.75 Å². The Labute approximate surface area is 121 Å². The van der Waals surface area contributed by atoms with E-state index >= 15 is 0 Å². The number of hydrogen-bond acceptors (Lipinski definition) is 5. The van der Waals surface area contributed by atoms with Gasteiger partial charge in [-0.25, -0.2) is 9.97 Å². The first-order valence-electron chi connectivity index (χ1n) is 7.43. The van der Waals surface area contributed by atoms with Gasteiger partial charge in [0.05, 0.1) is 11.9 Å². The van der Waals surface area contributed by atoms with Crippen molar-refractivity contribution < 1.29 is 4.74 Å². The average molecular weight is 278 g/mol. The van der Waals surface area contributed by atoms with Crippen LogP contribution in [0, 0.1) is 0 Å². The zero-order valence-corrected chi connectivity index (χ0v) is 13.0. The van der Waals surface area contributed by atoms with Gasteiger partial charge in [0.1, 0.15) is 12.4 Å². The van der Waals surface area contributed by atoms with E-state index in [-0.39, 0.29) is 0 Å². The molecule has 1 N–H and O–H groups in total. The van der Waals surface area contributed by atoms with Crippen molar-refractivity contribution in [3.63, 3.8) is 0 Å². The summed E-state index contributed by atoms with van der Waals surface area (Å²) in [6, 6.07) is 0.669. The Morgan fingerprint density at radius 3 is 2.75 bits per heavy atom. The maximum atomic E-state index is 5.83. The molecule has 1 aliphatic rings. The molecule has 0 amide bonds. The number of aromatic nitrogens is 2. The lowest BCUT2D eigenvalue weighted by molar-refractivity contribution is 0.257. The van der Waals surface area contributed by atoms with Crippen LogP contribution in [-0.2, 0) is 6.54 Å². The van der Waals surface area contributed by atoms with Crippen molar-refractivity contribution in [1.82, 2.24) is 20.2 Å².